The van der Waals surface area contributed by atoms with Gasteiger partial charge >= 0.3 is 0 Å². The second-order valence-corrected chi connectivity index (χ2v) is 6.78. The molecule has 3 rings (SSSR count). The van der Waals surface area contributed by atoms with E-state index in [0.29, 0.717) is 0 Å². The number of rotatable bonds is 7. The van der Waals surface area contributed by atoms with Crippen molar-refractivity contribution < 1.29 is 9.47 Å². The van der Waals surface area contributed by atoms with E-state index >= 15 is 0 Å². The number of thiazole rings is 1. The van der Waals surface area contributed by atoms with Crippen LogP contribution in [0.25, 0.3) is 10.6 Å². The Morgan fingerprint density at radius 3 is 2.70 bits per heavy atom. The first-order chi connectivity index (χ1) is 11.3. The first-order valence-corrected chi connectivity index (χ1v) is 9.15. The molecular weight excluding hydrogens is 308 g/mol. The standard InChI is InChI=1S/C18H24N2O2S/c1-2-17-14-19-18(23-17)15-4-6-16(7-5-15)22-11-3-8-20-9-12-21-13-10-20/h4-7,14H,2-3,8-13H2,1H3. The topological polar surface area (TPSA) is 34.6 Å². The molecule has 1 saturated heterocycles. The van der Waals surface area contributed by atoms with Crippen LogP contribution >= 0.6 is 11.3 Å². The smallest absolute Gasteiger partial charge is 0.123 e. The predicted octanol–water partition coefficient (Wildman–Crippen LogP) is 3.47. The fourth-order valence-electron chi connectivity index (χ4n) is 2.60. The molecule has 0 saturated carbocycles. The molecule has 0 amide bonds. The zero-order valence-corrected chi connectivity index (χ0v) is 14.5. The van der Waals surface area contributed by atoms with Gasteiger partial charge in [-0.15, -0.1) is 11.3 Å². The van der Waals surface area contributed by atoms with Crippen molar-refractivity contribution in [2.75, 3.05) is 39.5 Å². The van der Waals surface area contributed by atoms with Crippen LogP contribution in [-0.4, -0.2) is 49.3 Å². The Hall–Kier alpha value is -1.43. The normalized spacial score (nSPS) is 15.7. The van der Waals surface area contributed by atoms with Crippen molar-refractivity contribution in [3.05, 3.63) is 35.3 Å². The van der Waals surface area contributed by atoms with E-state index in [1.807, 2.05) is 18.3 Å². The van der Waals surface area contributed by atoms with E-state index in [-0.39, 0.29) is 0 Å². The third-order valence-corrected chi connectivity index (χ3v) is 5.19. The number of hydrogen-bond donors (Lipinski definition) is 0. The molecule has 0 aliphatic carbocycles. The summed E-state index contributed by atoms with van der Waals surface area (Å²) in [7, 11) is 0. The first-order valence-electron chi connectivity index (χ1n) is 8.33. The minimum atomic E-state index is 0.758. The lowest BCUT2D eigenvalue weighted by Crippen LogP contribution is -2.37. The average Bonchev–Trinajstić information content (AvgIpc) is 3.09. The van der Waals surface area contributed by atoms with Crippen LogP contribution in [0.5, 0.6) is 5.75 Å². The zero-order valence-electron chi connectivity index (χ0n) is 13.7. The van der Waals surface area contributed by atoms with E-state index in [1.54, 1.807) is 11.3 Å². The Labute approximate surface area is 142 Å². The molecule has 0 bridgehead atoms. The Morgan fingerprint density at radius 2 is 2.00 bits per heavy atom. The minimum Gasteiger partial charge on any atom is -0.494 e. The summed E-state index contributed by atoms with van der Waals surface area (Å²) in [6.07, 6.45) is 4.06. The Bertz CT molecular complexity index is 591. The molecule has 1 fully saturated rings. The van der Waals surface area contributed by atoms with Gasteiger partial charge in [-0.2, -0.15) is 0 Å². The van der Waals surface area contributed by atoms with Crippen LogP contribution in [0.15, 0.2) is 30.5 Å². The molecule has 0 spiro atoms. The van der Waals surface area contributed by atoms with Crippen molar-refractivity contribution in [2.45, 2.75) is 19.8 Å². The molecular formula is C18H24N2O2S. The highest BCUT2D eigenvalue weighted by molar-refractivity contribution is 7.15. The van der Waals surface area contributed by atoms with E-state index in [9.17, 15) is 0 Å². The molecule has 5 heteroatoms. The van der Waals surface area contributed by atoms with Crippen LogP contribution in [0.4, 0.5) is 0 Å². The molecule has 1 aromatic carbocycles. The van der Waals surface area contributed by atoms with Gasteiger partial charge in [-0.05, 0) is 37.1 Å². The van der Waals surface area contributed by atoms with Crippen molar-refractivity contribution in [3.63, 3.8) is 0 Å². The summed E-state index contributed by atoms with van der Waals surface area (Å²) in [5.74, 6) is 0.933. The summed E-state index contributed by atoms with van der Waals surface area (Å²) in [4.78, 5) is 8.23. The molecule has 124 valence electrons. The number of benzene rings is 1. The van der Waals surface area contributed by atoms with E-state index < -0.39 is 0 Å². The van der Waals surface area contributed by atoms with Crippen LogP contribution in [0, 0.1) is 0 Å². The van der Waals surface area contributed by atoms with Crippen LogP contribution in [0.2, 0.25) is 0 Å². The molecule has 23 heavy (non-hydrogen) atoms. The van der Waals surface area contributed by atoms with Gasteiger partial charge in [0.1, 0.15) is 10.8 Å². The van der Waals surface area contributed by atoms with Crippen LogP contribution in [-0.2, 0) is 11.2 Å². The maximum Gasteiger partial charge on any atom is 0.123 e. The number of aryl methyl sites for hydroxylation is 1. The lowest BCUT2D eigenvalue weighted by molar-refractivity contribution is 0.0358. The number of nitrogens with zero attached hydrogens (tertiary/aromatic N) is 2. The molecule has 2 aromatic rings. The van der Waals surface area contributed by atoms with E-state index in [2.05, 4.69) is 28.9 Å². The fraction of sp³-hybridized carbons (Fsp3) is 0.500. The van der Waals surface area contributed by atoms with Crippen molar-refractivity contribution in [2.24, 2.45) is 0 Å². The average molecular weight is 332 g/mol. The molecule has 0 N–H and O–H groups in total. The summed E-state index contributed by atoms with van der Waals surface area (Å²) in [6, 6.07) is 8.26. The summed E-state index contributed by atoms with van der Waals surface area (Å²) >= 11 is 1.76. The Kier molecular flexibility index (Phi) is 6.02. The molecule has 1 aliphatic rings. The van der Waals surface area contributed by atoms with Gasteiger partial charge in [0.05, 0.1) is 19.8 Å². The molecule has 0 unspecified atom stereocenters. The molecule has 0 atom stereocenters. The minimum absolute atomic E-state index is 0.758. The third kappa shape index (κ3) is 4.77. The summed E-state index contributed by atoms with van der Waals surface area (Å²) < 4.78 is 11.2. The van der Waals surface area contributed by atoms with Crippen LogP contribution in [0.1, 0.15) is 18.2 Å². The van der Waals surface area contributed by atoms with Gasteiger partial charge in [0, 0.05) is 36.3 Å². The lowest BCUT2D eigenvalue weighted by Gasteiger charge is -2.26. The third-order valence-electron chi connectivity index (χ3n) is 3.99. The van der Waals surface area contributed by atoms with Crippen molar-refractivity contribution in [1.82, 2.24) is 9.88 Å². The highest BCUT2D eigenvalue weighted by Crippen LogP contribution is 2.27. The highest BCUT2D eigenvalue weighted by Gasteiger charge is 2.09. The molecule has 1 aliphatic heterocycles. The van der Waals surface area contributed by atoms with E-state index in [1.165, 1.54) is 4.88 Å². The van der Waals surface area contributed by atoms with Gasteiger partial charge < -0.3 is 9.47 Å². The fourth-order valence-corrected chi connectivity index (χ4v) is 3.46. The second-order valence-electron chi connectivity index (χ2n) is 5.67. The monoisotopic (exact) mass is 332 g/mol. The summed E-state index contributed by atoms with van der Waals surface area (Å²) in [5, 5.41) is 1.08. The van der Waals surface area contributed by atoms with E-state index in [0.717, 1.165) is 68.6 Å². The molecule has 2 heterocycles. The molecule has 4 nitrogen and oxygen atoms in total. The largest absolute Gasteiger partial charge is 0.494 e. The lowest BCUT2D eigenvalue weighted by atomic mass is 10.2. The van der Waals surface area contributed by atoms with Gasteiger partial charge in [-0.3, -0.25) is 4.90 Å². The van der Waals surface area contributed by atoms with Crippen molar-refractivity contribution in [3.8, 4) is 16.3 Å². The predicted molar refractivity (Wildman–Crippen MR) is 94.3 cm³/mol. The number of morpholine rings is 1. The second kappa shape index (κ2) is 8.43. The zero-order chi connectivity index (χ0) is 15.9. The summed E-state index contributed by atoms with van der Waals surface area (Å²) in [5.41, 5.74) is 1.16. The molecule has 1 aromatic heterocycles. The maximum atomic E-state index is 5.84. The van der Waals surface area contributed by atoms with Gasteiger partial charge in [-0.25, -0.2) is 4.98 Å². The Morgan fingerprint density at radius 1 is 1.22 bits per heavy atom. The van der Waals surface area contributed by atoms with Gasteiger partial charge in [0.25, 0.3) is 0 Å². The van der Waals surface area contributed by atoms with Crippen molar-refractivity contribution in [1.29, 1.82) is 0 Å². The van der Waals surface area contributed by atoms with Gasteiger partial charge in [0.2, 0.25) is 0 Å². The highest BCUT2D eigenvalue weighted by atomic mass is 32.1. The number of aromatic nitrogens is 1. The van der Waals surface area contributed by atoms with Crippen LogP contribution in [0.3, 0.4) is 0 Å². The van der Waals surface area contributed by atoms with E-state index in [4.69, 9.17) is 9.47 Å². The summed E-state index contributed by atoms with van der Waals surface area (Å²) in [6.45, 7) is 7.81. The van der Waals surface area contributed by atoms with Gasteiger partial charge in [0.15, 0.2) is 0 Å². The van der Waals surface area contributed by atoms with Crippen LogP contribution < -0.4 is 4.74 Å². The molecule has 0 radical (unpaired) electrons. The SMILES string of the molecule is CCc1cnc(-c2ccc(OCCCN3CCOCC3)cc2)s1. The quantitative estimate of drug-likeness (QED) is 0.727. The first kappa shape index (κ1) is 16.4. The number of hydrogen-bond acceptors (Lipinski definition) is 5. The maximum absolute atomic E-state index is 5.84. The van der Waals surface area contributed by atoms with Crippen molar-refractivity contribution >= 4 is 11.3 Å². The number of ether oxygens (including phenoxy) is 2. The van der Waals surface area contributed by atoms with Gasteiger partial charge in [-0.1, -0.05) is 6.92 Å². The Balaban J connectivity index is 1.44.